The van der Waals surface area contributed by atoms with E-state index in [4.69, 9.17) is 9.94 Å². The largest absolute Gasteiger partial charge is 0.378 e. The van der Waals surface area contributed by atoms with Gasteiger partial charge in [0.15, 0.2) is 6.23 Å². The first-order valence-corrected chi connectivity index (χ1v) is 9.14. The molecule has 8 nitrogen and oxygen atoms in total. The smallest absolute Gasteiger partial charge is 0.261 e. The topological polar surface area (TPSA) is 99.8 Å². The van der Waals surface area contributed by atoms with Gasteiger partial charge in [0.2, 0.25) is 0 Å². The van der Waals surface area contributed by atoms with Crippen molar-refractivity contribution < 1.29 is 15.1 Å². The predicted molar refractivity (Wildman–Crippen MR) is 104 cm³/mol. The zero-order valence-electron chi connectivity index (χ0n) is 15.3. The first-order chi connectivity index (χ1) is 13.7. The number of aliphatic hydroxyl groups is 1. The number of hydrogen-bond acceptors (Lipinski definition) is 7. The van der Waals surface area contributed by atoms with Crippen molar-refractivity contribution >= 4 is 16.6 Å². The van der Waals surface area contributed by atoms with Crippen molar-refractivity contribution in [3.63, 3.8) is 0 Å². The minimum absolute atomic E-state index is 0.200. The van der Waals surface area contributed by atoms with Crippen molar-refractivity contribution in [3.8, 4) is 0 Å². The Bertz CT molecular complexity index is 1030. The first-order valence-electron chi connectivity index (χ1n) is 9.14. The molecule has 0 spiro atoms. The molecule has 1 aromatic heterocycles. The molecule has 1 saturated heterocycles. The standard InChI is InChI=1S/C20H22N4O4/c25-19(22-27)15-4-5-18-17(11-15)20(26)24(13-21-18)12-14-2-1-3-16(10-14)23-6-8-28-9-7-23/h1-5,10-11,13,19,22,25,27H,6-9,12H2. The van der Waals surface area contributed by atoms with E-state index in [0.717, 1.165) is 37.6 Å². The SMILES string of the molecule is O=c1c2cc(C(O)NO)ccc2ncn1Cc1cccc(N2CCOCC2)c1. The zero-order chi connectivity index (χ0) is 19.5. The molecule has 8 heteroatoms. The van der Waals surface area contributed by atoms with E-state index >= 15 is 0 Å². The molecule has 0 radical (unpaired) electrons. The van der Waals surface area contributed by atoms with Crippen LogP contribution < -0.4 is 15.9 Å². The van der Waals surface area contributed by atoms with E-state index in [2.05, 4.69) is 22.0 Å². The maximum absolute atomic E-state index is 12.9. The van der Waals surface area contributed by atoms with Crippen molar-refractivity contribution in [1.29, 1.82) is 0 Å². The number of ether oxygens (including phenoxy) is 1. The van der Waals surface area contributed by atoms with Crippen LogP contribution in [0.15, 0.2) is 53.6 Å². The molecule has 1 aliphatic heterocycles. The van der Waals surface area contributed by atoms with Crippen LogP contribution in [0.25, 0.3) is 10.9 Å². The molecule has 4 rings (SSSR count). The fourth-order valence-electron chi connectivity index (χ4n) is 3.40. The minimum atomic E-state index is -1.26. The molecule has 146 valence electrons. The lowest BCUT2D eigenvalue weighted by Crippen LogP contribution is -2.36. The third-order valence-corrected chi connectivity index (χ3v) is 4.93. The third-order valence-electron chi connectivity index (χ3n) is 4.93. The molecule has 1 atom stereocenters. The van der Waals surface area contributed by atoms with E-state index in [-0.39, 0.29) is 5.56 Å². The molecule has 1 fully saturated rings. The number of anilines is 1. The number of hydroxylamine groups is 1. The van der Waals surface area contributed by atoms with Crippen LogP contribution in [0.1, 0.15) is 17.4 Å². The molecule has 0 amide bonds. The molecule has 0 bridgehead atoms. The second-order valence-electron chi connectivity index (χ2n) is 6.76. The van der Waals surface area contributed by atoms with Crippen molar-refractivity contribution in [2.45, 2.75) is 12.8 Å². The van der Waals surface area contributed by atoms with Gasteiger partial charge in [-0.05, 0) is 35.4 Å². The van der Waals surface area contributed by atoms with Crippen LogP contribution in [0.3, 0.4) is 0 Å². The first kappa shape index (κ1) is 18.6. The summed E-state index contributed by atoms with van der Waals surface area (Å²) in [6.07, 6.45) is 0.273. The lowest BCUT2D eigenvalue weighted by atomic mass is 10.1. The van der Waals surface area contributed by atoms with Crippen molar-refractivity contribution in [1.82, 2.24) is 15.0 Å². The molecule has 3 aromatic rings. The molecule has 2 aromatic carbocycles. The average molecular weight is 382 g/mol. The highest BCUT2D eigenvalue weighted by molar-refractivity contribution is 5.78. The number of aliphatic hydroxyl groups excluding tert-OH is 1. The summed E-state index contributed by atoms with van der Waals surface area (Å²) in [6.45, 7) is 3.53. The molecule has 28 heavy (non-hydrogen) atoms. The second kappa shape index (κ2) is 8.07. The molecule has 3 N–H and O–H groups in total. The van der Waals surface area contributed by atoms with E-state index in [1.54, 1.807) is 28.2 Å². The Hall–Kier alpha value is -2.78. The van der Waals surface area contributed by atoms with Gasteiger partial charge >= 0.3 is 0 Å². The Kier molecular flexibility index (Phi) is 5.36. The summed E-state index contributed by atoms with van der Waals surface area (Å²) in [5.41, 5.74) is 4.61. The van der Waals surface area contributed by atoms with Gasteiger partial charge in [0.05, 0.1) is 37.0 Å². The Morgan fingerprint density at radius 2 is 2.00 bits per heavy atom. The van der Waals surface area contributed by atoms with E-state index < -0.39 is 6.23 Å². The highest BCUT2D eigenvalue weighted by Crippen LogP contribution is 2.19. The average Bonchev–Trinajstić information content (AvgIpc) is 2.76. The van der Waals surface area contributed by atoms with Gasteiger partial charge in [-0.25, -0.2) is 4.98 Å². The van der Waals surface area contributed by atoms with Gasteiger partial charge in [-0.3, -0.25) is 9.36 Å². The number of fused-ring (bicyclic) bond motifs is 1. The van der Waals surface area contributed by atoms with Gasteiger partial charge in [-0.15, -0.1) is 0 Å². The van der Waals surface area contributed by atoms with Gasteiger partial charge in [-0.1, -0.05) is 18.2 Å². The Morgan fingerprint density at radius 1 is 1.18 bits per heavy atom. The Labute approximate surface area is 161 Å². The van der Waals surface area contributed by atoms with Gasteiger partial charge in [-0.2, -0.15) is 5.48 Å². The van der Waals surface area contributed by atoms with E-state index in [1.807, 2.05) is 12.1 Å². The molecule has 0 aliphatic carbocycles. The number of hydrogen-bond donors (Lipinski definition) is 3. The lowest BCUT2D eigenvalue weighted by Gasteiger charge is -2.29. The summed E-state index contributed by atoms with van der Waals surface area (Å²) >= 11 is 0. The van der Waals surface area contributed by atoms with Crippen LogP contribution in [-0.4, -0.2) is 46.2 Å². The van der Waals surface area contributed by atoms with Crippen LogP contribution in [0.2, 0.25) is 0 Å². The number of morpholine rings is 1. The molecule has 1 unspecified atom stereocenters. The number of benzene rings is 2. The van der Waals surface area contributed by atoms with Gasteiger partial charge in [0.25, 0.3) is 5.56 Å². The molecule has 1 aliphatic rings. The van der Waals surface area contributed by atoms with Gasteiger partial charge < -0.3 is 20.0 Å². The highest BCUT2D eigenvalue weighted by atomic mass is 16.5. The minimum Gasteiger partial charge on any atom is -0.378 e. The fraction of sp³-hybridized carbons (Fsp3) is 0.300. The Balaban J connectivity index is 1.64. The quantitative estimate of drug-likeness (QED) is 0.451. The van der Waals surface area contributed by atoms with Gasteiger partial charge in [0.1, 0.15) is 0 Å². The molecule has 2 heterocycles. The van der Waals surface area contributed by atoms with Crippen molar-refractivity contribution in [2.24, 2.45) is 0 Å². The summed E-state index contributed by atoms with van der Waals surface area (Å²) in [4.78, 5) is 19.5. The monoisotopic (exact) mass is 382 g/mol. The van der Waals surface area contributed by atoms with Crippen molar-refractivity contribution in [2.75, 3.05) is 31.2 Å². The van der Waals surface area contributed by atoms with Crippen LogP contribution in [0, 0.1) is 0 Å². The van der Waals surface area contributed by atoms with E-state index in [1.165, 1.54) is 6.33 Å². The summed E-state index contributed by atoms with van der Waals surface area (Å²) in [5, 5.41) is 19.0. The summed E-state index contributed by atoms with van der Waals surface area (Å²) in [5.74, 6) is 0. The van der Waals surface area contributed by atoms with E-state index in [0.29, 0.717) is 23.0 Å². The number of nitrogens with zero attached hydrogens (tertiary/aromatic N) is 3. The van der Waals surface area contributed by atoms with Crippen LogP contribution in [-0.2, 0) is 11.3 Å². The molecular formula is C20H22N4O4. The van der Waals surface area contributed by atoms with Crippen LogP contribution >= 0.6 is 0 Å². The van der Waals surface area contributed by atoms with Crippen LogP contribution in [0.4, 0.5) is 5.69 Å². The highest BCUT2D eigenvalue weighted by Gasteiger charge is 2.13. The maximum Gasteiger partial charge on any atom is 0.261 e. The summed E-state index contributed by atoms with van der Waals surface area (Å²) in [7, 11) is 0. The van der Waals surface area contributed by atoms with Crippen LogP contribution in [0.5, 0.6) is 0 Å². The summed E-state index contributed by atoms with van der Waals surface area (Å²) < 4.78 is 6.95. The second-order valence-corrected chi connectivity index (χ2v) is 6.76. The Morgan fingerprint density at radius 3 is 2.79 bits per heavy atom. The zero-order valence-corrected chi connectivity index (χ0v) is 15.3. The van der Waals surface area contributed by atoms with Gasteiger partial charge in [0, 0.05) is 18.8 Å². The predicted octanol–water partition coefficient (Wildman–Crippen LogP) is 1.25. The van der Waals surface area contributed by atoms with E-state index in [9.17, 15) is 9.90 Å². The fourth-order valence-corrected chi connectivity index (χ4v) is 3.40. The lowest BCUT2D eigenvalue weighted by molar-refractivity contribution is 0.000772. The maximum atomic E-state index is 12.9. The van der Waals surface area contributed by atoms with Crippen molar-refractivity contribution in [3.05, 3.63) is 70.3 Å². The molecular weight excluding hydrogens is 360 g/mol. The normalized spacial score (nSPS) is 15.7. The number of nitrogens with one attached hydrogen (secondary N) is 1. The molecule has 0 saturated carbocycles. The summed E-state index contributed by atoms with van der Waals surface area (Å²) in [6, 6.07) is 12.9. The number of aromatic nitrogens is 2. The number of rotatable bonds is 5. The third kappa shape index (κ3) is 3.76.